The molecule has 0 fully saturated rings. The van der Waals surface area contributed by atoms with Gasteiger partial charge in [0.05, 0.1) is 22.1 Å². The molecule has 0 bridgehead atoms. The molecular weight excluding hydrogens is 785 g/mol. The van der Waals surface area contributed by atoms with Gasteiger partial charge in [0.1, 0.15) is 0 Å². The number of anilines is 3. The summed E-state index contributed by atoms with van der Waals surface area (Å²) in [6, 6.07) is 90.3. The Morgan fingerprint density at radius 3 is 1.55 bits per heavy atom. The van der Waals surface area contributed by atoms with E-state index in [0.717, 1.165) is 22.7 Å². The predicted octanol–water partition coefficient (Wildman–Crippen LogP) is 16.6. The van der Waals surface area contributed by atoms with Crippen molar-refractivity contribution in [1.82, 2.24) is 4.57 Å². The summed E-state index contributed by atoms with van der Waals surface area (Å²) in [5, 5.41) is 7.59. The molecule has 1 spiro atoms. The number of nitrogens with zero attached hydrogens (tertiary/aromatic N) is 2. The molecule has 1 aromatic heterocycles. The van der Waals surface area contributed by atoms with Gasteiger partial charge in [-0.2, -0.15) is 0 Å². The molecule has 302 valence electrons. The van der Waals surface area contributed by atoms with Crippen LogP contribution >= 0.6 is 0 Å². The lowest BCUT2D eigenvalue weighted by atomic mass is 9.55. The van der Waals surface area contributed by atoms with Crippen molar-refractivity contribution in [2.24, 2.45) is 0 Å². The highest BCUT2D eigenvalue weighted by Gasteiger charge is 2.48. The molecule has 0 amide bonds. The van der Waals surface area contributed by atoms with Gasteiger partial charge in [0.15, 0.2) is 0 Å². The first-order valence-electron chi connectivity index (χ1n) is 22.6. The average molecular weight is 825 g/mol. The summed E-state index contributed by atoms with van der Waals surface area (Å²) in [6.07, 6.45) is 0. The lowest BCUT2D eigenvalue weighted by Gasteiger charge is -2.46. The molecule has 1 heterocycles. The van der Waals surface area contributed by atoms with Crippen LogP contribution in [0.3, 0.4) is 0 Å². The molecule has 65 heavy (non-hydrogen) atoms. The van der Waals surface area contributed by atoms with E-state index >= 15 is 0 Å². The van der Waals surface area contributed by atoms with Gasteiger partial charge in [-0.15, -0.1) is 0 Å². The zero-order valence-corrected chi connectivity index (χ0v) is 35.5. The molecule has 0 N–H and O–H groups in total. The summed E-state index contributed by atoms with van der Waals surface area (Å²) in [5.41, 5.74) is 19.2. The highest BCUT2D eigenvalue weighted by atomic mass is 15.1. The first-order chi connectivity index (χ1) is 32.3. The van der Waals surface area contributed by atoms with Gasteiger partial charge in [0, 0.05) is 33.2 Å². The van der Waals surface area contributed by atoms with Gasteiger partial charge < -0.3 is 9.47 Å². The summed E-state index contributed by atoms with van der Waals surface area (Å²) >= 11 is 0. The summed E-state index contributed by atoms with van der Waals surface area (Å²) in [7, 11) is 0. The predicted molar refractivity (Wildman–Crippen MR) is 272 cm³/mol. The van der Waals surface area contributed by atoms with E-state index in [2.05, 4.69) is 252 Å². The van der Waals surface area contributed by atoms with Gasteiger partial charge in [-0.05, 0) is 120 Å². The van der Waals surface area contributed by atoms with E-state index in [4.69, 9.17) is 0 Å². The van der Waals surface area contributed by atoms with Gasteiger partial charge >= 0.3 is 0 Å². The number of benzene rings is 11. The average Bonchev–Trinajstić information content (AvgIpc) is 3.71. The molecule has 2 nitrogen and oxygen atoms in total. The summed E-state index contributed by atoms with van der Waals surface area (Å²) in [5.74, 6) is 0. The van der Waals surface area contributed by atoms with Crippen molar-refractivity contribution in [2.45, 2.75) is 5.41 Å². The number of hydrogen-bond donors (Lipinski definition) is 0. The minimum Gasteiger partial charge on any atom is -0.310 e. The van der Waals surface area contributed by atoms with Crippen LogP contribution in [0.4, 0.5) is 17.1 Å². The van der Waals surface area contributed by atoms with Gasteiger partial charge in [-0.3, -0.25) is 0 Å². The third-order valence-electron chi connectivity index (χ3n) is 14.4. The van der Waals surface area contributed by atoms with Crippen molar-refractivity contribution in [3.8, 4) is 39.1 Å². The topological polar surface area (TPSA) is 8.17 Å². The van der Waals surface area contributed by atoms with Crippen molar-refractivity contribution < 1.29 is 0 Å². The number of fused-ring (bicyclic) bond motifs is 11. The Hall–Kier alpha value is -8.46. The summed E-state index contributed by atoms with van der Waals surface area (Å²) in [4.78, 5) is 2.47. The molecule has 2 heteroatoms. The molecule has 0 radical (unpaired) electrons. The fraction of sp³-hybridized carbons (Fsp3) is 0.0159. The molecule has 1 unspecified atom stereocenters. The van der Waals surface area contributed by atoms with Crippen LogP contribution in [0.2, 0.25) is 0 Å². The van der Waals surface area contributed by atoms with Crippen LogP contribution in [0.15, 0.2) is 243 Å². The smallest absolute Gasteiger partial charge is 0.0725 e. The van der Waals surface area contributed by atoms with Crippen LogP contribution in [0.5, 0.6) is 0 Å². The Labute approximate surface area is 377 Å². The molecule has 0 saturated heterocycles. The second kappa shape index (κ2) is 13.8. The van der Waals surface area contributed by atoms with Gasteiger partial charge in [0.25, 0.3) is 0 Å². The molecular formula is C63H40N2. The maximum atomic E-state index is 2.47. The fourth-order valence-electron chi connectivity index (χ4n) is 11.9. The van der Waals surface area contributed by atoms with Crippen molar-refractivity contribution >= 4 is 60.4 Å². The molecule has 0 aliphatic heterocycles. The van der Waals surface area contributed by atoms with Crippen molar-refractivity contribution in [2.75, 3.05) is 4.90 Å². The first kappa shape index (κ1) is 36.1. The second-order valence-corrected chi connectivity index (χ2v) is 17.5. The summed E-state index contributed by atoms with van der Waals surface area (Å²) < 4.78 is 2.41. The fourth-order valence-corrected chi connectivity index (χ4v) is 11.9. The quantitative estimate of drug-likeness (QED) is 0.168. The number of aromatic nitrogens is 1. The Morgan fingerprint density at radius 1 is 0.308 bits per heavy atom. The lowest BCUT2D eigenvalue weighted by molar-refractivity contribution is 0.754. The maximum absolute atomic E-state index is 2.47. The third-order valence-corrected chi connectivity index (χ3v) is 14.4. The van der Waals surface area contributed by atoms with Crippen LogP contribution in [-0.2, 0) is 5.41 Å². The molecule has 2 aliphatic carbocycles. The minimum absolute atomic E-state index is 0.590. The monoisotopic (exact) mass is 824 g/mol. The normalized spacial score (nSPS) is 14.5. The van der Waals surface area contributed by atoms with Crippen LogP contribution in [0.1, 0.15) is 22.3 Å². The molecule has 12 aromatic rings. The van der Waals surface area contributed by atoms with Crippen molar-refractivity contribution in [3.63, 3.8) is 0 Å². The lowest BCUT2D eigenvalue weighted by Crippen LogP contribution is -2.36. The Balaban J connectivity index is 1.08. The zero-order valence-electron chi connectivity index (χ0n) is 35.5. The Morgan fingerprint density at radius 2 is 0.831 bits per heavy atom. The van der Waals surface area contributed by atoms with Gasteiger partial charge in [0.2, 0.25) is 0 Å². The van der Waals surface area contributed by atoms with Gasteiger partial charge in [-0.25, -0.2) is 0 Å². The van der Waals surface area contributed by atoms with Crippen LogP contribution in [-0.4, -0.2) is 4.57 Å². The van der Waals surface area contributed by atoms with E-state index in [1.54, 1.807) is 0 Å². The number of rotatable bonds is 5. The third kappa shape index (κ3) is 4.94. The largest absolute Gasteiger partial charge is 0.310 e. The maximum Gasteiger partial charge on any atom is 0.0725 e. The Bertz CT molecular complexity index is 3880. The molecule has 14 rings (SSSR count). The number of hydrogen-bond acceptors (Lipinski definition) is 1. The van der Waals surface area contributed by atoms with E-state index < -0.39 is 5.41 Å². The minimum atomic E-state index is -0.590. The molecule has 0 saturated carbocycles. The number of para-hydroxylation sites is 3. The SMILES string of the molecule is c1ccc(-c2ccc3c4c(cccc24)C2(c4ccccc4-3)c3ccccc3-c3ccc(N(c4ccccc4)c4ccc5c6ccccc6n(-c6ccccc6)c5c4)c4cccc2c34)cc1. The standard InChI is InChI=1S/C63H40N2/c1-4-18-41(19-5-1)45-36-37-51-46-24-10-13-29-54(46)63(56-31-16-27-50(45)61(51)56)55-30-14-11-25-47(55)52-38-39-59(53-28-17-32-57(63)62(52)53)64(42-20-6-2-7-21-42)44-34-35-49-48-26-12-15-33-58(48)65(60(49)40-44)43-22-8-3-9-23-43/h1-40H. The van der Waals surface area contributed by atoms with E-state index in [-0.39, 0.29) is 0 Å². The van der Waals surface area contributed by atoms with Gasteiger partial charge in [-0.1, -0.05) is 194 Å². The second-order valence-electron chi connectivity index (χ2n) is 17.5. The molecule has 2 aliphatic rings. The highest BCUT2D eigenvalue weighted by molar-refractivity contribution is 6.16. The zero-order chi connectivity index (χ0) is 42.6. The molecule has 11 aromatic carbocycles. The van der Waals surface area contributed by atoms with E-state index in [1.807, 2.05) is 0 Å². The summed E-state index contributed by atoms with van der Waals surface area (Å²) in [6.45, 7) is 0. The van der Waals surface area contributed by atoms with Crippen LogP contribution in [0.25, 0.3) is 82.4 Å². The Kier molecular flexibility index (Phi) is 7.64. The van der Waals surface area contributed by atoms with E-state index in [1.165, 1.54) is 99.0 Å². The van der Waals surface area contributed by atoms with E-state index in [9.17, 15) is 0 Å². The van der Waals surface area contributed by atoms with E-state index in [0.29, 0.717) is 0 Å². The van der Waals surface area contributed by atoms with Crippen LogP contribution in [0, 0.1) is 0 Å². The highest BCUT2D eigenvalue weighted by Crippen LogP contribution is 2.62. The molecule has 1 atom stereocenters. The first-order valence-corrected chi connectivity index (χ1v) is 22.6. The van der Waals surface area contributed by atoms with Crippen LogP contribution < -0.4 is 4.90 Å². The van der Waals surface area contributed by atoms with Crippen molar-refractivity contribution in [1.29, 1.82) is 0 Å². The van der Waals surface area contributed by atoms with Crippen molar-refractivity contribution in [3.05, 3.63) is 265 Å².